The number of ether oxygens (including phenoxy) is 1. The molecule has 17 heavy (non-hydrogen) atoms. The lowest BCUT2D eigenvalue weighted by molar-refractivity contribution is 0.108. The van der Waals surface area contributed by atoms with Crippen LogP contribution in [0.4, 0.5) is 5.82 Å². The Balaban J connectivity index is 2.01. The fourth-order valence-electron chi connectivity index (χ4n) is 2.09. The van der Waals surface area contributed by atoms with Crippen LogP contribution in [0.25, 0.3) is 0 Å². The molecule has 5 heteroatoms. The summed E-state index contributed by atoms with van der Waals surface area (Å²) >= 11 is 0. The number of hydrogen-bond acceptors (Lipinski definition) is 4. The maximum atomic E-state index is 11.9. The molecule has 1 aromatic heterocycles. The summed E-state index contributed by atoms with van der Waals surface area (Å²) in [5.74, 6) is 0.903. The average molecular weight is 237 g/mol. The van der Waals surface area contributed by atoms with Gasteiger partial charge in [0.05, 0.1) is 6.10 Å². The van der Waals surface area contributed by atoms with Crippen molar-refractivity contribution in [1.82, 2.24) is 9.55 Å². The smallest absolute Gasteiger partial charge is 0.293 e. The van der Waals surface area contributed by atoms with Crippen LogP contribution >= 0.6 is 0 Å². The van der Waals surface area contributed by atoms with Crippen LogP contribution in [0, 0.1) is 5.92 Å². The van der Waals surface area contributed by atoms with Gasteiger partial charge in [-0.2, -0.15) is 0 Å². The third kappa shape index (κ3) is 2.66. The van der Waals surface area contributed by atoms with Crippen LogP contribution in [-0.4, -0.2) is 28.8 Å². The van der Waals surface area contributed by atoms with Gasteiger partial charge >= 0.3 is 0 Å². The van der Waals surface area contributed by atoms with Crippen molar-refractivity contribution >= 4 is 5.82 Å². The van der Waals surface area contributed by atoms with Crippen LogP contribution in [0.3, 0.4) is 0 Å². The van der Waals surface area contributed by atoms with E-state index >= 15 is 0 Å². The summed E-state index contributed by atoms with van der Waals surface area (Å²) < 4.78 is 7.13. The van der Waals surface area contributed by atoms with Gasteiger partial charge in [-0.3, -0.25) is 4.79 Å². The fraction of sp³-hybridized carbons (Fsp3) is 0.667. The highest BCUT2D eigenvalue weighted by Crippen LogP contribution is 2.20. The first kappa shape index (κ1) is 12.1. The maximum absolute atomic E-state index is 11.9. The van der Waals surface area contributed by atoms with Crippen molar-refractivity contribution in [2.75, 3.05) is 18.5 Å². The van der Waals surface area contributed by atoms with Crippen LogP contribution in [0.1, 0.15) is 20.3 Å². The molecule has 0 bridgehead atoms. The Labute approximate surface area is 101 Å². The molecule has 2 heterocycles. The van der Waals surface area contributed by atoms with Crippen molar-refractivity contribution in [3.8, 4) is 0 Å². The topological polar surface area (TPSA) is 56.1 Å². The predicted octanol–water partition coefficient (Wildman–Crippen LogP) is 1.10. The predicted molar refractivity (Wildman–Crippen MR) is 66.2 cm³/mol. The van der Waals surface area contributed by atoms with Gasteiger partial charge in [0, 0.05) is 38.0 Å². The summed E-state index contributed by atoms with van der Waals surface area (Å²) in [7, 11) is 0. The molecular formula is C12H19N3O2. The summed E-state index contributed by atoms with van der Waals surface area (Å²) in [5, 5.41) is 3.14. The van der Waals surface area contributed by atoms with Gasteiger partial charge in [-0.25, -0.2) is 4.98 Å². The van der Waals surface area contributed by atoms with E-state index in [1.54, 1.807) is 17.0 Å². The summed E-state index contributed by atoms with van der Waals surface area (Å²) in [6, 6.07) is 0. The van der Waals surface area contributed by atoms with Gasteiger partial charge in [0.15, 0.2) is 5.82 Å². The van der Waals surface area contributed by atoms with Gasteiger partial charge in [-0.1, -0.05) is 0 Å². The molecule has 2 atom stereocenters. The third-order valence-corrected chi connectivity index (χ3v) is 3.32. The number of nitrogens with one attached hydrogen (secondary N) is 1. The van der Waals surface area contributed by atoms with E-state index in [4.69, 9.17) is 4.74 Å². The van der Waals surface area contributed by atoms with E-state index < -0.39 is 0 Å². The second-order valence-electron chi connectivity index (χ2n) is 4.37. The standard InChI is InChI=1S/C12H19N3O2/c1-3-15-6-5-13-11(12(15)16)14-8-10-4-7-17-9(10)2/h5-6,9-10H,3-4,7-8H2,1-2H3,(H,13,14). The van der Waals surface area contributed by atoms with Gasteiger partial charge in [0.2, 0.25) is 0 Å². The van der Waals surface area contributed by atoms with Gasteiger partial charge in [-0.15, -0.1) is 0 Å². The van der Waals surface area contributed by atoms with Crippen molar-refractivity contribution in [3.05, 3.63) is 22.7 Å². The molecule has 1 aromatic rings. The van der Waals surface area contributed by atoms with Crippen LogP contribution < -0.4 is 10.9 Å². The molecule has 2 unspecified atom stereocenters. The fourth-order valence-corrected chi connectivity index (χ4v) is 2.09. The molecule has 0 saturated carbocycles. The second kappa shape index (κ2) is 5.31. The van der Waals surface area contributed by atoms with Crippen molar-refractivity contribution in [3.63, 3.8) is 0 Å². The second-order valence-corrected chi connectivity index (χ2v) is 4.37. The van der Waals surface area contributed by atoms with Crippen molar-refractivity contribution in [2.24, 2.45) is 5.92 Å². The zero-order valence-electron chi connectivity index (χ0n) is 10.3. The van der Waals surface area contributed by atoms with Crippen molar-refractivity contribution in [1.29, 1.82) is 0 Å². The highest BCUT2D eigenvalue weighted by Gasteiger charge is 2.24. The first-order valence-corrected chi connectivity index (χ1v) is 6.13. The number of aryl methyl sites for hydroxylation is 1. The number of hydrogen-bond donors (Lipinski definition) is 1. The highest BCUT2D eigenvalue weighted by molar-refractivity contribution is 5.30. The average Bonchev–Trinajstić information content (AvgIpc) is 2.74. The van der Waals surface area contributed by atoms with E-state index in [0.29, 0.717) is 18.3 Å². The zero-order valence-corrected chi connectivity index (χ0v) is 10.3. The molecule has 5 nitrogen and oxygen atoms in total. The highest BCUT2D eigenvalue weighted by atomic mass is 16.5. The molecule has 2 rings (SSSR count). The van der Waals surface area contributed by atoms with Crippen LogP contribution in [0.2, 0.25) is 0 Å². The Morgan fingerprint density at radius 1 is 1.65 bits per heavy atom. The normalized spacial score (nSPS) is 23.9. The molecule has 1 aliphatic heterocycles. The molecule has 1 saturated heterocycles. The lowest BCUT2D eigenvalue weighted by Crippen LogP contribution is -2.27. The molecule has 1 aliphatic rings. The quantitative estimate of drug-likeness (QED) is 0.852. The van der Waals surface area contributed by atoms with Crippen LogP contribution in [0.5, 0.6) is 0 Å². The first-order chi connectivity index (χ1) is 8.22. The molecule has 0 aliphatic carbocycles. The van der Waals surface area contributed by atoms with Crippen LogP contribution in [-0.2, 0) is 11.3 Å². The summed E-state index contributed by atoms with van der Waals surface area (Å²) in [6.45, 7) is 6.24. The van der Waals surface area contributed by atoms with E-state index in [9.17, 15) is 4.79 Å². The van der Waals surface area contributed by atoms with Gasteiger partial charge in [-0.05, 0) is 20.3 Å². The minimum Gasteiger partial charge on any atom is -0.378 e. The molecule has 0 radical (unpaired) electrons. The summed E-state index contributed by atoms with van der Waals surface area (Å²) in [5.41, 5.74) is -0.0541. The van der Waals surface area contributed by atoms with Crippen molar-refractivity contribution < 1.29 is 4.74 Å². The van der Waals surface area contributed by atoms with E-state index in [-0.39, 0.29) is 11.7 Å². The summed E-state index contributed by atoms with van der Waals surface area (Å²) in [6.07, 6.45) is 4.67. The van der Waals surface area contributed by atoms with Crippen LogP contribution in [0.15, 0.2) is 17.2 Å². The lowest BCUT2D eigenvalue weighted by atomic mass is 10.0. The minimum absolute atomic E-state index is 0.0541. The Morgan fingerprint density at radius 3 is 3.12 bits per heavy atom. The molecule has 1 fully saturated rings. The van der Waals surface area contributed by atoms with Gasteiger partial charge < -0.3 is 14.6 Å². The molecule has 0 aromatic carbocycles. The lowest BCUT2D eigenvalue weighted by Gasteiger charge is -2.15. The zero-order chi connectivity index (χ0) is 12.3. The molecule has 94 valence electrons. The Morgan fingerprint density at radius 2 is 2.47 bits per heavy atom. The largest absolute Gasteiger partial charge is 0.378 e. The van der Waals surface area contributed by atoms with Crippen molar-refractivity contribution in [2.45, 2.75) is 32.9 Å². The first-order valence-electron chi connectivity index (χ1n) is 6.13. The monoisotopic (exact) mass is 237 g/mol. The number of nitrogens with zero attached hydrogens (tertiary/aromatic N) is 2. The van der Waals surface area contributed by atoms with Gasteiger partial charge in [0.1, 0.15) is 0 Å². The summed E-state index contributed by atoms with van der Waals surface area (Å²) in [4.78, 5) is 16.0. The molecule has 0 amide bonds. The van der Waals surface area contributed by atoms with E-state index in [1.807, 2.05) is 6.92 Å². The van der Waals surface area contributed by atoms with E-state index in [1.165, 1.54) is 0 Å². The van der Waals surface area contributed by atoms with E-state index in [2.05, 4.69) is 17.2 Å². The maximum Gasteiger partial charge on any atom is 0.293 e. The molecule has 1 N–H and O–H groups in total. The number of anilines is 1. The number of rotatable bonds is 4. The minimum atomic E-state index is -0.0541. The Kier molecular flexibility index (Phi) is 3.78. The van der Waals surface area contributed by atoms with Gasteiger partial charge in [0.25, 0.3) is 5.56 Å². The Bertz CT molecular complexity index is 430. The third-order valence-electron chi connectivity index (χ3n) is 3.32. The molecule has 0 spiro atoms. The SMILES string of the molecule is CCn1ccnc(NCC2CCOC2C)c1=O. The number of aromatic nitrogens is 2. The van der Waals surface area contributed by atoms with E-state index in [0.717, 1.165) is 19.6 Å². The Hall–Kier alpha value is -1.36. The molecular weight excluding hydrogens is 218 g/mol.